The van der Waals surface area contributed by atoms with E-state index in [2.05, 4.69) is 23.1 Å². The molecule has 0 radical (unpaired) electrons. The van der Waals surface area contributed by atoms with E-state index in [0.717, 1.165) is 39.3 Å². The number of nitrogens with zero attached hydrogens (tertiary/aromatic N) is 2. The molecule has 2 aromatic heterocycles. The number of ether oxygens (including phenoxy) is 1. The number of hydrogen-bond acceptors (Lipinski definition) is 4. The lowest BCUT2D eigenvalue weighted by Gasteiger charge is -2.10. The highest BCUT2D eigenvalue weighted by molar-refractivity contribution is 5.79. The number of aryl methyl sites for hydroxylation is 1. The smallest absolute Gasteiger partial charge is 0.174 e. The van der Waals surface area contributed by atoms with Crippen molar-refractivity contribution in [3.8, 4) is 28.2 Å². The van der Waals surface area contributed by atoms with Crippen molar-refractivity contribution in [1.29, 1.82) is 0 Å². The number of rotatable bonds is 3. The van der Waals surface area contributed by atoms with E-state index in [9.17, 15) is 0 Å². The summed E-state index contributed by atoms with van der Waals surface area (Å²) in [5, 5.41) is 3.95. The van der Waals surface area contributed by atoms with E-state index in [1.165, 1.54) is 0 Å². The van der Waals surface area contributed by atoms with Gasteiger partial charge in [-0.05, 0) is 54.8 Å². The van der Waals surface area contributed by atoms with Crippen LogP contribution >= 0.6 is 0 Å². The molecule has 3 rings (SSSR count). The quantitative estimate of drug-likeness (QED) is 0.726. The van der Waals surface area contributed by atoms with E-state index in [0.29, 0.717) is 0 Å². The van der Waals surface area contributed by atoms with E-state index >= 15 is 0 Å². The zero-order valence-electron chi connectivity index (χ0n) is 12.3. The van der Waals surface area contributed by atoms with Gasteiger partial charge in [-0.15, -0.1) is 0 Å². The van der Waals surface area contributed by atoms with Crippen LogP contribution < -0.4 is 4.74 Å². The van der Waals surface area contributed by atoms with Gasteiger partial charge in [-0.3, -0.25) is 4.98 Å². The molecule has 2 heterocycles. The summed E-state index contributed by atoms with van der Waals surface area (Å²) in [5.74, 6) is 1.59. The summed E-state index contributed by atoms with van der Waals surface area (Å²) in [6, 6.07) is 7.94. The summed E-state index contributed by atoms with van der Waals surface area (Å²) in [6.45, 7) is 4.10. The zero-order chi connectivity index (χ0) is 14.8. The molecule has 0 aliphatic heterocycles. The molecule has 1 aromatic carbocycles. The van der Waals surface area contributed by atoms with Crippen LogP contribution in [-0.2, 0) is 0 Å². The van der Waals surface area contributed by atoms with Gasteiger partial charge in [0, 0.05) is 23.5 Å². The van der Waals surface area contributed by atoms with Crippen molar-refractivity contribution < 1.29 is 9.26 Å². The normalized spacial score (nSPS) is 10.6. The van der Waals surface area contributed by atoms with Crippen molar-refractivity contribution in [2.75, 3.05) is 7.11 Å². The SMILES string of the molecule is COc1cc(-c2oncc2-c2ccncc2)cc(C)c1C. The average Bonchev–Trinajstić information content (AvgIpc) is 3.00. The second-order valence-corrected chi connectivity index (χ2v) is 4.92. The van der Waals surface area contributed by atoms with Crippen molar-refractivity contribution in [3.05, 3.63) is 54.0 Å². The molecule has 3 aromatic rings. The van der Waals surface area contributed by atoms with Crippen molar-refractivity contribution in [1.82, 2.24) is 10.1 Å². The van der Waals surface area contributed by atoms with Crippen molar-refractivity contribution in [2.45, 2.75) is 13.8 Å². The van der Waals surface area contributed by atoms with Gasteiger partial charge in [0.1, 0.15) is 5.75 Å². The van der Waals surface area contributed by atoms with E-state index < -0.39 is 0 Å². The lowest BCUT2D eigenvalue weighted by molar-refractivity contribution is 0.410. The molecular weight excluding hydrogens is 264 g/mol. The van der Waals surface area contributed by atoms with Gasteiger partial charge in [-0.2, -0.15) is 0 Å². The first-order valence-electron chi connectivity index (χ1n) is 6.71. The summed E-state index contributed by atoms with van der Waals surface area (Å²) < 4.78 is 10.9. The molecule has 0 amide bonds. The predicted molar refractivity (Wildman–Crippen MR) is 81.2 cm³/mol. The van der Waals surface area contributed by atoms with Crippen LogP contribution in [0.4, 0.5) is 0 Å². The van der Waals surface area contributed by atoms with Crippen LogP contribution in [-0.4, -0.2) is 17.3 Å². The monoisotopic (exact) mass is 280 g/mol. The minimum atomic E-state index is 0.739. The summed E-state index contributed by atoms with van der Waals surface area (Å²) in [7, 11) is 1.68. The number of hydrogen-bond donors (Lipinski definition) is 0. The molecule has 0 bridgehead atoms. The van der Waals surface area contributed by atoms with Gasteiger partial charge in [0.15, 0.2) is 5.76 Å². The molecule has 0 saturated heterocycles. The largest absolute Gasteiger partial charge is 0.496 e. The highest BCUT2D eigenvalue weighted by Crippen LogP contribution is 2.35. The Morgan fingerprint density at radius 2 is 1.81 bits per heavy atom. The van der Waals surface area contributed by atoms with Crippen LogP contribution in [0.5, 0.6) is 5.75 Å². The zero-order valence-corrected chi connectivity index (χ0v) is 12.3. The van der Waals surface area contributed by atoms with Crippen molar-refractivity contribution >= 4 is 0 Å². The molecule has 0 aliphatic rings. The maximum atomic E-state index is 5.47. The van der Waals surface area contributed by atoms with E-state index in [4.69, 9.17) is 9.26 Å². The Bertz CT molecular complexity index is 764. The second-order valence-electron chi connectivity index (χ2n) is 4.92. The second kappa shape index (κ2) is 5.40. The molecule has 4 heteroatoms. The molecular formula is C17H16N2O2. The van der Waals surface area contributed by atoms with Crippen molar-refractivity contribution in [3.63, 3.8) is 0 Å². The van der Waals surface area contributed by atoms with Crippen LogP contribution in [0, 0.1) is 13.8 Å². The number of benzene rings is 1. The molecule has 0 saturated carbocycles. The van der Waals surface area contributed by atoms with Gasteiger partial charge in [0.2, 0.25) is 0 Å². The van der Waals surface area contributed by atoms with Crippen LogP contribution in [0.1, 0.15) is 11.1 Å². The minimum absolute atomic E-state index is 0.739. The van der Waals surface area contributed by atoms with E-state index in [-0.39, 0.29) is 0 Å². The van der Waals surface area contributed by atoms with E-state index in [1.54, 1.807) is 25.7 Å². The minimum Gasteiger partial charge on any atom is -0.496 e. The molecule has 0 unspecified atom stereocenters. The Balaban J connectivity index is 2.15. The van der Waals surface area contributed by atoms with Crippen LogP contribution in [0.3, 0.4) is 0 Å². The predicted octanol–water partition coefficient (Wildman–Crippen LogP) is 4.03. The molecule has 0 atom stereocenters. The first-order valence-corrected chi connectivity index (χ1v) is 6.71. The lowest BCUT2D eigenvalue weighted by Crippen LogP contribution is -1.92. The van der Waals surface area contributed by atoms with Gasteiger partial charge in [0.05, 0.1) is 13.3 Å². The topological polar surface area (TPSA) is 48.2 Å². The third-order valence-corrected chi connectivity index (χ3v) is 3.66. The van der Waals surface area contributed by atoms with Gasteiger partial charge >= 0.3 is 0 Å². The molecule has 0 aliphatic carbocycles. The summed E-state index contributed by atoms with van der Waals surface area (Å²) in [4.78, 5) is 4.04. The Morgan fingerprint density at radius 1 is 1.05 bits per heavy atom. The number of aromatic nitrogens is 2. The van der Waals surface area contributed by atoms with Gasteiger partial charge in [-0.25, -0.2) is 0 Å². The summed E-state index contributed by atoms with van der Waals surface area (Å²) >= 11 is 0. The fraction of sp³-hybridized carbons (Fsp3) is 0.176. The molecule has 4 nitrogen and oxygen atoms in total. The Hall–Kier alpha value is -2.62. The van der Waals surface area contributed by atoms with E-state index in [1.807, 2.05) is 25.1 Å². The van der Waals surface area contributed by atoms with Crippen LogP contribution in [0.25, 0.3) is 22.5 Å². The molecule has 0 N–H and O–H groups in total. The summed E-state index contributed by atoms with van der Waals surface area (Å²) in [5.41, 5.74) is 5.22. The fourth-order valence-corrected chi connectivity index (χ4v) is 2.35. The highest BCUT2D eigenvalue weighted by Gasteiger charge is 2.15. The maximum absolute atomic E-state index is 5.47. The van der Waals surface area contributed by atoms with Gasteiger partial charge in [0.25, 0.3) is 0 Å². The first kappa shape index (κ1) is 13.4. The molecule has 21 heavy (non-hydrogen) atoms. The number of pyridine rings is 1. The third kappa shape index (κ3) is 2.40. The van der Waals surface area contributed by atoms with Crippen molar-refractivity contribution in [2.24, 2.45) is 0 Å². The molecule has 0 spiro atoms. The van der Waals surface area contributed by atoms with Gasteiger partial charge < -0.3 is 9.26 Å². The van der Waals surface area contributed by atoms with Crippen LogP contribution in [0.15, 0.2) is 47.4 Å². The Labute approximate surface area is 123 Å². The Morgan fingerprint density at radius 3 is 2.52 bits per heavy atom. The average molecular weight is 280 g/mol. The molecule has 106 valence electrons. The van der Waals surface area contributed by atoms with Crippen LogP contribution in [0.2, 0.25) is 0 Å². The summed E-state index contributed by atoms with van der Waals surface area (Å²) in [6.07, 6.45) is 5.24. The number of methoxy groups -OCH3 is 1. The third-order valence-electron chi connectivity index (χ3n) is 3.66. The van der Waals surface area contributed by atoms with Gasteiger partial charge in [-0.1, -0.05) is 5.16 Å². The first-order chi connectivity index (χ1) is 10.2. The lowest BCUT2D eigenvalue weighted by atomic mass is 9.99. The maximum Gasteiger partial charge on any atom is 0.174 e. The molecule has 0 fully saturated rings. The Kier molecular flexibility index (Phi) is 3.44. The fourth-order valence-electron chi connectivity index (χ4n) is 2.35. The standard InChI is InChI=1S/C17H16N2O2/c1-11-8-14(9-16(20-3)12(11)2)17-15(10-19-21-17)13-4-6-18-7-5-13/h4-10H,1-3H3. The highest BCUT2D eigenvalue weighted by atomic mass is 16.5.